The number of nitrogens with zero attached hydrogens (tertiary/aromatic N) is 3. The van der Waals surface area contributed by atoms with Gasteiger partial charge in [0, 0.05) is 11.8 Å². The number of fused-ring (bicyclic) bond motifs is 1. The molecule has 0 unspecified atom stereocenters. The maximum atomic E-state index is 12.6. The molecule has 3 aromatic rings. The Morgan fingerprint density at radius 3 is 2.68 bits per heavy atom. The van der Waals surface area contributed by atoms with Crippen molar-refractivity contribution in [3.05, 3.63) is 60.6 Å². The van der Waals surface area contributed by atoms with Crippen LogP contribution in [0.25, 0.3) is 16.7 Å². The Morgan fingerprint density at radius 2 is 2.04 bits per heavy atom. The lowest BCUT2D eigenvalue weighted by molar-refractivity contribution is 0.281. The molecular weight excluding hydrogens is 367 g/mol. The van der Waals surface area contributed by atoms with Gasteiger partial charge >= 0.3 is 5.69 Å². The molecule has 130 valence electrons. The van der Waals surface area contributed by atoms with Gasteiger partial charge in [0.2, 0.25) is 0 Å². The van der Waals surface area contributed by atoms with Crippen molar-refractivity contribution in [2.45, 2.75) is 26.4 Å². The van der Waals surface area contributed by atoms with Gasteiger partial charge in [0.1, 0.15) is 5.15 Å². The summed E-state index contributed by atoms with van der Waals surface area (Å²) < 4.78 is 1.20. The third-order valence-electron chi connectivity index (χ3n) is 3.77. The van der Waals surface area contributed by atoms with Crippen LogP contribution < -0.4 is 11.2 Å². The van der Waals surface area contributed by atoms with Crippen molar-refractivity contribution in [2.75, 3.05) is 0 Å². The highest BCUT2D eigenvalue weighted by atomic mass is 35.5. The van der Waals surface area contributed by atoms with E-state index in [0.29, 0.717) is 16.9 Å². The molecule has 3 rings (SSSR count). The molecule has 7 nitrogen and oxygen atoms in total. The second-order valence-electron chi connectivity index (χ2n) is 5.74. The van der Waals surface area contributed by atoms with Crippen LogP contribution in [0.1, 0.15) is 31.0 Å². The summed E-state index contributed by atoms with van der Waals surface area (Å²) in [4.78, 5) is 35.4. The molecule has 25 heavy (non-hydrogen) atoms. The van der Waals surface area contributed by atoms with Crippen molar-refractivity contribution >= 4 is 34.2 Å². The van der Waals surface area contributed by atoms with Crippen LogP contribution in [0.2, 0.25) is 10.2 Å². The van der Waals surface area contributed by atoms with E-state index in [1.807, 2.05) is 13.8 Å². The van der Waals surface area contributed by atoms with Gasteiger partial charge in [-0.3, -0.25) is 14.8 Å². The van der Waals surface area contributed by atoms with E-state index in [1.54, 1.807) is 12.3 Å². The van der Waals surface area contributed by atoms with Crippen molar-refractivity contribution in [2.24, 2.45) is 0 Å². The maximum Gasteiger partial charge on any atom is 0.334 e. The lowest BCUT2D eigenvalue weighted by Gasteiger charge is -2.18. The first kappa shape index (κ1) is 17.6. The second-order valence-corrected chi connectivity index (χ2v) is 6.51. The maximum absolute atomic E-state index is 12.6. The van der Waals surface area contributed by atoms with Gasteiger partial charge in [0.15, 0.2) is 5.65 Å². The summed E-state index contributed by atoms with van der Waals surface area (Å²) in [6.07, 6.45) is 1.56. The number of aromatic amines is 1. The molecule has 0 saturated heterocycles. The Kier molecular flexibility index (Phi) is 4.64. The van der Waals surface area contributed by atoms with E-state index in [0.717, 1.165) is 0 Å². The molecule has 0 fully saturated rings. The number of H-pyrrole nitrogens is 1. The molecule has 9 heteroatoms. The number of pyridine rings is 2. The monoisotopic (exact) mass is 380 g/mol. The minimum absolute atomic E-state index is 0.0338. The molecule has 3 heterocycles. The zero-order valence-corrected chi connectivity index (χ0v) is 14.9. The summed E-state index contributed by atoms with van der Waals surface area (Å²) in [5.74, 6) is -0.0434. The lowest BCUT2D eigenvalue weighted by Crippen LogP contribution is -2.31. The predicted molar refractivity (Wildman–Crippen MR) is 95.8 cm³/mol. The van der Waals surface area contributed by atoms with Crippen LogP contribution in [0.4, 0.5) is 0 Å². The van der Waals surface area contributed by atoms with E-state index in [1.165, 1.54) is 10.6 Å². The van der Waals surface area contributed by atoms with E-state index >= 15 is 0 Å². The quantitative estimate of drug-likeness (QED) is 0.679. The molecule has 0 aromatic carbocycles. The van der Waals surface area contributed by atoms with Crippen LogP contribution in [0, 0.1) is 0 Å². The molecule has 2 N–H and O–H groups in total. The molecule has 0 radical (unpaired) electrons. The average molecular weight is 381 g/mol. The minimum atomic E-state index is -0.701. The highest BCUT2D eigenvalue weighted by molar-refractivity contribution is 6.41. The van der Waals surface area contributed by atoms with Gasteiger partial charge in [0.05, 0.1) is 28.4 Å². The number of aliphatic hydroxyl groups excluding tert-OH is 1. The number of hydrogen-bond donors (Lipinski definition) is 2. The number of nitrogens with one attached hydrogen (secondary N) is 1. The summed E-state index contributed by atoms with van der Waals surface area (Å²) in [6, 6.07) is 2.95. The lowest BCUT2D eigenvalue weighted by atomic mass is 10.0. The van der Waals surface area contributed by atoms with E-state index in [9.17, 15) is 14.7 Å². The van der Waals surface area contributed by atoms with Gasteiger partial charge in [-0.15, -0.1) is 0 Å². The topological polar surface area (TPSA) is 101 Å². The molecule has 0 atom stereocenters. The van der Waals surface area contributed by atoms with E-state index in [4.69, 9.17) is 23.2 Å². The summed E-state index contributed by atoms with van der Waals surface area (Å²) in [5.41, 5.74) is 0.151. The smallest absolute Gasteiger partial charge is 0.334 e. The molecule has 0 aliphatic rings. The fourth-order valence-electron chi connectivity index (χ4n) is 2.64. The Balaban J connectivity index is 2.56. The predicted octanol–water partition coefficient (Wildman–Crippen LogP) is 2.39. The van der Waals surface area contributed by atoms with Crippen molar-refractivity contribution in [1.82, 2.24) is 19.5 Å². The zero-order valence-electron chi connectivity index (χ0n) is 13.4. The molecule has 0 saturated carbocycles. The first-order valence-corrected chi connectivity index (χ1v) is 8.20. The summed E-state index contributed by atoms with van der Waals surface area (Å²) >= 11 is 11.9. The Hall–Kier alpha value is -2.22. The van der Waals surface area contributed by atoms with Crippen molar-refractivity contribution < 1.29 is 5.11 Å². The Bertz CT molecular complexity index is 1090. The van der Waals surface area contributed by atoms with Gasteiger partial charge in [-0.25, -0.2) is 14.3 Å². The Labute approximate surface area is 151 Å². The molecule has 0 aliphatic heterocycles. The highest BCUT2D eigenvalue weighted by Gasteiger charge is 2.20. The number of aromatic nitrogens is 4. The van der Waals surface area contributed by atoms with Crippen molar-refractivity contribution in [1.29, 1.82) is 0 Å². The molecule has 3 aromatic heterocycles. The van der Waals surface area contributed by atoms with Crippen molar-refractivity contribution in [3.63, 3.8) is 0 Å². The number of rotatable bonds is 3. The molecule has 0 amide bonds. The fraction of sp³-hybridized carbons (Fsp3) is 0.250. The molecule has 0 aliphatic carbocycles. The van der Waals surface area contributed by atoms with Crippen LogP contribution in [0.15, 0.2) is 27.9 Å². The summed E-state index contributed by atoms with van der Waals surface area (Å²) in [5, 5.41) is 9.89. The van der Waals surface area contributed by atoms with E-state index in [2.05, 4.69) is 15.0 Å². The fourth-order valence-corrected chi connectivity index (χ4v) is 2.93. The first-order chi connectivity index (χ1) is 11.8. The first-order valence-electron chi connectivity index (χ1n) is 7.45. The zero-order chi connectivity index (χ0) is 18.3. The van der Waals surface area contributed by atoms with E-state index in [-0.39, 0.29) is 33.7 Å². The second kappa shape index (κ2) is 6.59. The third kappa shape index (κ3) is 2.95. The van der Waals surface area contributed by atoms with Crippen molar-refractivity contribution in [3.8, 4) is 5.69 Å². The van der Waals surface area contributed by atoms with Crippen LogP contribution in [-0.4, -0.2) is 24.6 Å². The van der Waals surface area contributed by atoms with Crippen LogP contribution >= 0.6 is 23.2 Å². The van der Waals surface area contributed by atoms with Gasteiger partial charge in [-0.05, 0) is 18.1 Å². The van der Waals surface area contributed by atoms with Crippen LogP contribution in [0.3, 0.4) is 0 Å². The Morgan fingerprint density at radius 1 is 1.32 bits per heavy atom. The van der Waals surface area contributed by atoms with Gasteiger partial charge in [0.25, 0.3) is 5.56 Å². The molecular formula is C16H14Cl2N4O3. The van der Waals surface area contributed by atoms with E-state index < -0.39 is 11.2 Å². The van der Waals surface area contributed by atoms with Gasteiger partial charge < -0.3 is 5.11 Å². The average Bonchev–Trinajstić information content (AvgIpc) is 2.56. The van der Waals surface area contributed by atoms with Gasteiger partial charge in [-0.2, -0.15) is 0 Å². The highest BCUT2D eigenvalue weighted by Crippen LogP contribution is 2.27. The number of halogens is 2. The van der Waals surface area contributed by atoms with Gasteiger partial charge in [-0.1, -0.05) is 37.0 Å². The van der Waals surface area contributed by atoms with Crippen LogP contribution in [-0.2, 0) is 6.61 Å². The number of hydrogen-bond acceptors (Lipinski definition) is 5. The minimum Gasteiger partial charge on any atom is -0.392 e. The number of aliphatic hydroxyl groups is 1. The SMILES string of the molecule is CC(C)c1nccc(CO)c1-n1c(=O)[nH]c(=O)c2cc(Cl)c(Cl)nc21. The summed E-state index contributed by atoms with van der Waals surface area (Å²) in [7, 11) is 0. The third-order valence-corrected chi connectivity index (χ3v) is 4.44. The molecule has 0 spiro atoms. The summed E-state index contributed by atoms with van der Waals surface area (Å²) in [6.45, 7) is 3.50. The standard InChI is InChI=1S/C16H14Cl2N4O3/c1-7(2)11-12(8(6-23)3-4-19-11)22-14-9(15(24)21-16(22)25)5-10(17)13(18)20-14/h3-5,7,23H,6H2,1-2H3,(H,21,24,25). The largest absolute Gasteiger partial charge is 0.392 e. The van der Waals surface area contributed by atoms with Crippen LogP contribution in [0.5, 0.6) is 0 Å². The normalized spacial score (nSPS) is 11.4. The molecule has 0 bridgehead atoms.